The van der Waals surface area contributed by atoms with Crippen LogP contribution in [0.15, 0.2) is 4.40 Å². The van der Waals surface area contributed by atoms with Crippen molar-refractivity contribution in [1.29, 1.82) is 0 Å². The van der Waals surface area contributed by atoms with E-state index in [0.29, 0.717) is 13.2 Å². The van der Waals surface area contributed by atoms with E-state index in [1.54, 1.807) is 0 Å². The highest BCUT2D eigenvalue weighted by atomic mass is 32.2. The SMILES string of the molecule is CC1(C)COC2(CCCCC2=N[S@](=O)C(C)(C)C)OC1. The van der Waals surface area contributed by atoms with Gasteiger partial charge in [-0.05, 0) is 40.0 Å². The fraction of sp³-hybridized carbons (Fsp3) is 0.933. The Labute approximate surface area is 124 Å². The topological polar surface area (TPSA) is 47.9 Å². The molecule has 5 heteroatoms. The Kier molecular flexibility index (Phi) is 4.43. The standard InChI is InChI=1S/C15H27NO3S/c1-13(2,3)20(17)16-12-8-6-7-9-15(12)18-10-14(4,5)11-19-15/h6-11H2,1-5H3/t20-/m1/s1. The van der Waals surface area contributed by atoms with Crippen molar-refractivity contribution in [3.8, 4) is 0 Å². The normalized spacial score (nSPS) is 29.6. The summed E-state index contributed by atoms with van der Waals surface area (Å²) in [5, 5.41) is 0. The molecular weight excluding hydrogens is 274 g/mol. The van der Waals surface area contributed by atoms with Gasteiger partial charge in [-0.15, -0.1) is 0 Å². The second-order valence-corrected chi connectivity index (χ2v) is 9.51. The molecule has 116 valence electrons. The number of ether oxygens (including phenoxy) is 2. The van der Waals surface area contributed by atoms with E-state index in [4.69, 9.17) is 9.47 Å². The molecule has 1 aliphatic carbocycles. The van der Waals surface area contributed by atoms with Crippen molar-refractivity contribution in [2.24, 2.45) is 9.81 Å². The van der Waals surface area contributed by atoms with Crippen molar-refractivity contribution in [3.05, 3.63) is 0 Å². The number of hydrogen-bond acceptors (Lipinski definition) is 3. The Bertz CT molecular complexity index is 413. The zero-order chi connectivity index (χ0) is 15.0. The van der Waals surface area contributed by atoms with E-state index in [9.17, 15) is 4.21 Å². The lowest BCUT2D eigenvalue weighted by Crippen LogP contribution is -2.54. The van der Waals surface area contributed by atoms with Gasteiger partial charge in [0.15, 0.2) is 0 Å². The minimum absolute atomic E-state index is 0.0387. The molecular formula is C15H27NO3S. The quantitative estimate of drug-likeness (QED) is 0.747. The molecule has 0 amide bonds. The first-order valence-electron chi connectivity index (χ1n) is 7.43. The summed E-state index contributed by atoms with van der Waals surface area (Å²) < 4.78 is 28.5. The van der Waals surface area contributed by atoms with Gasteiger partial charge in [0.2, 0.25) is 5.79 Å². The van der Waals surface area contributed by atoms with Crippen molar-refractivity contribution in [2.45, 2.75) is 70.8 Å². The van der Waals surface area contributed by atoms with E-state index in [0.717, 1.165) is 31.4 Å². The van der Waals surface area contributed by atoms with E-state index >= 15 is 0 Å². The average Bonchev–Trinajstić information content (AvgIpc) is 2.35. The molecule has 1 saturated carbocycles. The molecule has 0 unspecified atom stereocenters. The number of hydrogen-bond donors (Lipinski definition) is 0. The second kappa shape index (κ2) is 5.50. The third kappa shape index (κ3) is 3.49. The van der Waals surface area contributed by atoms with E-state index < -0.39 is 16.8 Å². The molecule has 0 bridgehead atoms. The fourth-order valence-corrected chi connectivity index (χ4v) is 3.06. The van der Waals surface area contributed by atoms with E-state index in [1.165, 1.54) is 0 Å². The molecule has 2 fully saturated rings. The molecule has 1 atom stereocenters. The van der Waals surface area contributed by atoms with Crippen LogP contribution >= 0.6 is 0 Å². The van der Waals surface area contributed by atoms with Crippen LogP contribution in [0.1, 0.15) is 60.3 Å². The molecule has 4 nitrogen and oxygen atoms in total. The van der Waals surface area contributed by atoms with Crippen LogP contribution in [0.3, 0.4) is 0 Å². The van der Waals surface area contributed by atoms with E-state index in [-0.39, 0.29) is 10.2 Å². The van der Waals surface area contributed by atoms with Crippen LogP contribution in [-0.2, 0) is 20.5 Å². The summed E-state index contributed by atoms with van der Waals surface area (Å²) in [4.78, 5) is 0. The lowest BCUT2D eigenvalue weighted by Gasteiger charge is -2.45. The third-order valence-electron chi connectivity index (χ3n) is 3.72. The van der Waals surface area contributed by atoms with E-state index in [1.807, 2.05) is 20.8 Å². The molecule has 20 heavy (non-hydrogen) atoms. The Morgan fingerprint density at radius 2 is 1.75 bits per heavy atom. The number of rotatable bonds is 1. The first-order valence-corrected chi connectivity index (χ1v) is 8.53. The van der Waals surface area contributed by atoms with Gasteiger partial charge in [-0.3, -0.25) is 0 Å². The highest BCUT2D eigenvalue weighted by molar-refractivity contribution is 7.85. The molecule has 1 aliphatic heterocycles. The Hall–Kier alpha value is -0.260. The summed E-state index contributed by atoms with van der Waals surface area (Å²) in [5.41, 5.74) is 0.879. The van der Waals surface area contributed by atoms with Gasteiger partial charge in [0.05, 0.1) is 23.7 Å². The number of nitrogens with zero attached hydrogens (tertiary/aromatic N) is 1. The molecule has 1 heterocycles. The first kappa shape index (κ1) is 16.1. The molecule has 0 radical (unpaired) electrons. The largest absolute Gasteiger partial charge is 0.344 e. The smallest absolute Gasteiger partial charge is 0.209 e. The zero-order valence-corrected chi connectivity index (χ0v) is 14.1. The first-order chi connectivity index (χ1) is 9.15. The van der Waals surface area contributed by atoms with Gasteiger partial charge in [-0.25, -0.2) is 4.21 Å². The molecule has 0 aromatic carbocycles. The minimum atomic E-state index is -1.25. The highest BCUT2D eigenvalue weighted by Crippen LogP contribution is 2.38. The fourth-order valence-electron chi connectivity index (χ4n) is 2.36. The summed E-state index contributed by atoms with van der Waals surface area (Å²) in [7, 11) is -1.25. The molecule has 2 aliphatic rings. The van der Waals surface area contributed by atoms with Crippen molar-refractivity contribution in [3.63, 3.8) is 0 Å². The molecule has 1 spiro atoms. The van der Waals surface area contributed by atoms with Crippen molar-refractivity contribution in [1.82, 2.24) is 0 Å². The maximum absolute atomic E-state index is 12.3. The van der Waals surface area contributed by atoms with Gasteiger partial charge in [-0.1, -0.05) is 13.8 Å². The predicted octanol–water partition coefficient (Wildman–Crippen LogP) is 3.23. The van der Waals surface area contributed by atoms with Gasteiger partial charge in [0, 0.05) is 11.8 Å². The maximum Gasteiger partial charge on any atom is 0.209 e. The molecule has 2 rings (SSSR count). The van der Waals surface area contributed by atoms with Gasteiger partial charge in [0.25, 0.3) is 0 Å². The van der Waals surface area contributed by atoms with Crippen molar-refractivity contribution >= 4 is 16.7 Å². The summed E-state index contributed by atoms with van der Waals surface area (Å²) in [6, 6.07) is 0. The van der Waals surface area contributed by atoms with Gasteiger partial charge < -0.3 is 9.47 Å². The van der Waals surface area contributed by atoms with Crippen LogP contribution in [0.4, 0.5) is 0 Å². The van der Waals surface area contributed by atoms with Crippen molar-refractivity contribution in [2.75, 3.05) is 13.2 Å². The lowest BCUT2D eigenvalue weighted by atomic mass is 9.88. The molecule has 0 aromatic heterocycles. The van der Waals surface area contributed by atoms with Crippen LogP contribution in [0.25, 0.3) is 0 Å². The lowest BCUT2D eigenvalue weighted by molar-refractivity contribution is -0.265. The summed E-state index contributed by atoms with van der Waals surface area (Å²) in [6.45, 7) is 11.4. The average molecular weight is 301 g/mol. The maximum atomic E-state index is 12.3. The minimum Gasteiger partial charge on any atom is -0.344 e. The Morgan fingerprint density at radius 3 is 2.30 bits per heavy atom. The summed E-state index contributed by atoms with van der Waals surface area (Å²) in [5.74, 6) is -0.714. The predicted molar refractivity (Wildman–Crippen MR) is 82.2 cm³/mol. The summed E-state index contributed by atoms with van der Waals surface area (Å²) in [6.07, 6.45) is 3.78. The second-order valence-electron chi connectivity index (χ2n) is 7.60. The molecule has 1 saturated heterocycles. The molecule has 0 aromatic rings. The zero-order valence-electron chi connectivity index (χ0n) is 13.3. The Morgan fingerprint density at radius 1 is 1.15 bits per heavy atom. The van der Waals surface area contributed by atoms with Gasteiger partial charge in [-0.2, -0.15) is 4.40 Å². The molecule has 0 N–H and O–H groups in total. The highest BCUT2D eigenvalue weighted by Gasteiger charge is 2.46. The van der Waals surface area contributed by atoms with Crippen LogP contribution in [0, 0.1) is 5.41 Å². The Balaban J connectivity index is 2.22. The summed E-state index contributed by atoms with van der Waals surface area (Å²) >= 11 is 0. The van der Waals surface area contributed by atoms with Crippen LogP contribution in [0.5, 0.6) is 0 Å². The van der Waals surface area contributed by atoms with Gasteiger partial charge >= 0.3 is 0 Å². The third-order valence-corrected chi connectivity index (χ3v) is 5.15. The monoisotopic (exact) mass is 301 g/mol. The van der Waals surface area contributed by atoms with Gasteiger partial charge in [0.1, 0.15) is 11.0 Å². The van der Waals surface area contributed by atoms with Crippen LogP contribution in [-0.4, -0.2) is 33.7 Å². The van der Waals surface area contributed by atoms with Crippen LogP contribution < -0.4 is 0 Å². The van der Waals surface area contributed by atoms with Crippen molar-refractivity contribution < 1.29 is 13.7 Å². The van der Waals surface area contributed by atoms with E-state index in [2.05, 4.69) is 18.2 Å². The van der Waals surface area contributed by atoms with Crippen LogP contribution in [0.2, 0.25) is 0 Å².